The third-order valence-corrected chi connectivity index (χ3v) is 12.4. The van der Waals surface area contributed by atoms with Crippen molar-refractivity contribution in [2.75, 3.05) is 98.4 Å². The van der Waals surface area contributed by atoms with E-state index in [4.69, 9.17) is 18.9 Å². The molecule has 5 N–H and O–H groups in total. The van der Waals surface area contributed by atoms with Gasteiger partial charge in [-0.2, -0.15) is 0 Å². The Kier molecular flexibility index (Phi) is 15.4. The average molecular weight is 807 g/mol. The van der Waals surface area contributed by atoms with E-state index in [9.17, 15) is 19.8 Å². The van der Waals surface area contributed by atoms with Gasteiger partial charge in [0.1, 0.15) is 38.6 Å². The molecule has 0 spiro atoms. The fourth-order valence-corrected chi connectivity index (χ4v) is 9.00. The highest BCUT2D eigenvalue weighted by Gasteiger charge is 2.34. The minimum Gasteiger partial charge on any atom is -0.486 e. The number of fused-ring (bicyclic) bond motifs is 2. The first-order valence-electron chi connectivity index (χ1n) is 22.0. The van der Waals surface area contributed by atoms with Crippen LogP contribution in [0.25, 0.3) is 0 Å². The van der Waals surface area contributed by atoms with Crippen LogP contribution < -0.4 is 34.9 Å². The van der Waals surface area contributed by atoms with Crippen molar-refractivity contribution in [3.05, 3.63) is 47.5 Å². The van der Waals surface area contributed by atoms with Crippen molar-refractivity contribution in [2.24, 2.45) is 11.8 Å². The lowest BCUT2D eigenvalue weighted by Gasteiger charge is -2.30. The Labute approximate surface area is 343 Å². The molecule has 2 aromatic carbocycles. The Morgan fingerprint density at radius 1 is 0.690 bits per heavy atom. The molecule has 320 valence electrons. The Morgan fingerprint density at radius 3 is 1.67 bits per heavy atom. The Morgan fingerprint density at radius 2 is 1.19 bits per heavy atom. The fourth-order valence-electron chi connectivity index (χ4n) is 9.00. The molecule has 6 heterocycles. The number of aliphatic hydroxyl groups is 2. The van der Waals surface area contributed by atoms with Gasteiger partial charge in [0.2, 0.25) is 11.8 Å². The van der Waals surface area contributed by atoms with Crippen LogP contribution in [0, 0.1) is 11.8 Å². The highest BCUT2D eigenvalue weighted by molar-refractivity contribution is 5.80. The zero-order valence-electron chi connectivity index (χ0n) is 34.4. The number of hydrogen-bond donors (Lipinski definition) is 5. The third kappa shape index (κ3) is 11.3. The normalized spacial score (nSPS) is 24.1. The predicted octanol–water partition coefficient (Wildman–Crippen LogP) is 2.88. The number of carbonyl (C=O) groups excluding carboxylic acids is 2. The maximum atomic E-state index is 13.1. The quantitative estimate of drug-likeness (QED) is 0.180. The Hall–Kier alpha value is -3.66. The minimum absolute atomic E-state index is 0.00500. The lowest BCUT2D eigenvalue weighted by molar-refractivity contribution is -0.127. The van der Waals surface area contributed by atoms with Crippen LogP contribution in [0.2, 0.25) is 0 Å². The van der Waals surface area contributed by atoms with Gasteiger partial charge in [-0.05, 0) is 126 Å². The number of unbranched alkanes of at least 4 members (excludes halogenated alkanes) is 1. The zero-order chi connectivity index (χ0) is 40.3. The van der Waals surface area contributed by atoms with Crippen molar-refractivity contribution in [2.45, 2.75) is 82.6 Å². The maximum absolute atomic E-state index is 13.1. The van der Waals surface area contributed by atoms with Crippen LogP contribution in [-0.4, -0.2) is 147 Å². The number of aliphatic hydroxyl groups excluding tert-OH is 2. The number of benzene rings is 2. The molecule has 8 rings (SSSR count). The fraction of sp³-hybridized carbons (Fsp3) is 0.682. The molecule has 6 aliphatic heterocycles. The molecule has 2 amide bonds. The van der Waals surface area contributed by atoms with Crippen molar-refractivity contribution in [1.29, 1.82) is 0 Å². The van der Waals surface area contributed by atoms with E-state index in [1.807, 2.05) is 36.4 Å². The van der Waals surface area contributed by atoms with Crippen LogP contribution in [0.5, 0.6) is 23.0 Å². The van der Waals surface area contributed by atoms with Crippen molar-refractivity contribution >= 4 is 11.8 Å². The van der Waals surface area contributed by atoms with Crippen LogP contribution in [-0.2, 0) is 9.59 Å². The van der Waals surface area contributed by atoms with Crippen molar-refractivity contribution in [3.63, 3.8) is 0 Å². The number of nitrogens with one attached hydrogen (secondary N) is 3. The zero-order valence-corrected chi connectivity index (χ0v) is 34.4. The molecule has 14 heteroatoms. The second-order valence-corrected chi connectivity index (χ2v) is 16.8. The summed E-state index contributed by atoms with van der Waals surface area (Å²) in [4.78, 5) is 32.8. The molecule has 0 saturated carbocycles. The van der Waals surface area contributed by atoms with E-state index < -0.39 is 12.2 Å². The molecule has 0 aromatic heterocycles. The van der Waals surface area contributed by atoms with Gasteiger partial charge < -0.3 is 59.8 Å². The number of hydrogen-bond acceptors (Lipinski definition) is 12. The molecular weight excluding hydrogens is 741 g/mol. The van der Waals surface area contributed by atoms with E-state index in [1.54, 1.807) is 0 Å². The molecule has 6 aliphatic rings. The van der Waals surface area contributed by atoms with Crippen molar-refractivity contribution in [3.8, 4) is 23.0 Å². The van der Waals surface area contributed by atoms with E-state index >= 15 is 0 Å². The van der Waals surface area contributed by atoms with Crippen molar-refractivity contribution < 1.29 is 38.7 Å². The Balaban J connectivity index is 0.000000178. The molecule has 58 heavy (non-hydrogen) atoms. The molecule has 0 aliphatic carbocycles. The van der Waals surface area contributed by atoms with E-state index in [1.165, 1.54) is 38.5 Å². The van der Waals surface area contributed by atoms with Gasteiger partial charge >= 0.3 is 0 Å². The molecule has 0 bridgehead atoms. The maximum Gasteiger partial charge on any atom is 0.224 e. The average Bonchev–Trinajstić information content (AvgIpc) is 4.11. The van der Waals surface area contributed by atoms with Gasteiger partial charge in [-0.15, -0.1) is 0 Å². The van der Waals surface area contributed by atoms with Gasteiger partial charge in [-0.25, -0.2) is 0 Å². The van der Waals surface area contributed by atoms with E-state index in [-0.39, 0.29) is 35.7 Å². The SMILES string of the molecule is CCCCN1CCC(C(=O)N[C@H](CN2CCCC2)[C@H](O)c2ccc3c(c2)OCCO3)C1.O=C(N[C@H](CN1CCCC1)[C@H](O)c1ccc2c(c1)OCCO2)C1CCNC1. The summed E-state index contributed by atoms with van der Waals surface area (Å²) < 4.78 is 22.5. The first-order valence-corrected chi connectivity index (χ1v) is 22.0. The number of carbonyl (C=O) groups is 2. The summed E-state index contributed by atoms with van der Waals surface area (Å²) in [5.74, 6) is 2.82. The monoisotopic (exact) mass is 806 g/mol. The standard InChI is InChI=1S/C24H37N3O4.C20H29N3O4/c1-2-3-9-27-12-8-19(16-27)24(29)25-20(17-26-10-4-5-11-26)23(28)18-6-7-21-22(15-18)31-14-13-30-21;24-19(14-3-4-17-18(11-14)27-10-9-26-17)16(13-23-7-1-2-8-23)22-20(25)15-5-6-21-12-15/h6-7,15,19-20,23,28H,2-5,8-14,16-17H2,1H3,(H,25,29);3-4,11,15-16,19,21,24H,1-2,5-10,12-13H2,(H,22,25)/t19?,20-,23-;15?,16-,19-/m11/s1. The largest absolute Gasteiger partial charge is 0.486 e. The summed E-state index contributed by atoms with van der Waals surface area (Å²) in [6.45, 7) is 14.2. The molecule has 2 unspecified atom stereocenters. The smallest absolute Gasteiger partial charge is 0.224 e. The number of likely N-dealkylation sites (tertiary alicyclic amines) is 3. The molecule has 14 nitrogen and oxygen atoms in total. The lowest BCUT2D eigenvalue weighted by atomic mass is 9.99. The van der Waals surface area contributed by atoms with Gasteiger partial charge in [0.25, 0.3) is 0 Å². The first kappa shape index (κ1) is 42.5. The second-order valence-electron chi connectivity index (χ2n) is 16.8. The van der Waals surface area contributed by atoms with Crippen molar-refractivity contribution in [1.82, 2.24) is 30.7 Å². The minimum atomic E-state index is -0.794. The number of rotatable bonds is 15. The van der Waals surface area contributed by atoms with Gasteiger partial charge in [0, 0.05) is 26.2 Å². The topological polar surface area (TPSA) is 157 Å². The van der Waals surface area contributed by atoms with Gasteiger partial charge in [0.05, 0.1) is 23.9 Å². The second kappa shape index (κ2) is 21.0. The van der Waals surface area contributed by atoms with Crippen LogP contribution in [0.15, 0.2) is 36.4 Å². The molecular formula is C44H66N6O8. The molecule has 2 aromatic rings. The first-order chi connectivity index (χ1) is 28.3. The summed E-state index contributed by atoms with van der Waals surface area (Å²) in [6, 6.07) is 10.4. The van der Waals surface area contributed by atoms with E-state index in [0.717, 1.165) is 76.3 Å². The number of ether oxygens (including phenoxy) is 4. The number of amides is 2. The third-order valence-electron chi connectivity index (χ3n) is 12.4. The van der Waals surface area contributed by atoms with Gasteiger partial charge in [-0.1, -0.05) is 25.5 Å². The summed E-state index contributed by atoms with van der Waals surface area (Å²) in [5, 5.41) is 31.9. The summed E-state index contributed by atoms with van der Waals surface area (Å²) >= 11 is 0. The van der Waals surface area contributed by atoms with Gasteiger partial charge in [0.15, 0.2) is 23.0 Å². The molecule has 6 atom stereocenters. The molecule has 4 fully saturated rings. The molecule has 0 radical (unpaired) electrons. The van der Waals surface area contributed by atoms with Crippen LogP contribution in [0.3, 0.4) is 0 Å². The summed E-state index contributed by atoms with van der Waals surface area (Å²) in [7, 11) is 0. The highest BCUT2D eigenvalue weighted by atomic mass is 16.6. The van der Waals surface area contributed by atoms with Crippen LogP contribution in [0.1, 0.15) is 81.6 Å². The number of nitrogens with zero attached hydrogens (tertiary/aromatic N) is 3. The Bertz CT molecular complexity index is 1630. The van der Waals surface area contributed by atoms with E-state index in [2.05, 4.69) is 37.6 Å². The molecule has 4 saturated heterocycles. The lowest BCUT2D eigenvalue weighted by Crippen LogP contribution is -2.48. The highest BCUT2D eigenvalue weighted by Crippen LogP contribution is 2.35. The predicted molar refractivity (Wildman–Crippen MR) is 220 cm³/mol. The van der Waals surface area contributed by atoms with Crippen LogP contribution in [0.4, 0.5) is 0 Å². The van der Waals surface area contributed by atoms with E-state index in [0.29, 0.717) is 69.1 Å². The van der Waals surface area contributed by atoms with Crippen LogP contribution >= 0.6 is 0 Å². The summed E-state index contributed by atoms with van der Waals surface area (Å²) in [6.07, 6.45) is 7.21. The summed E-state index contributed by atoms with van der Waals surface area (Å²) in [5.41, 5.74) is 1.50. The van der Waals surface area contributed by atoms with Gasteiger partial charge in [-0.3, -0.25) is 9.59 Å².